The molecule has 0 aliphatic carbocycles. The van der Waals surface area contributed by atoms with Crippen molar-refractivity contribution in [1.29, 1.82) is 0 Å². The number of amides is 1. The summed E-state index contributed by atoms with van der Waals surface area (Å²) in [5.41, 5.74) is 1.67. The summed E-state index contributed by atoms with van der Waals surface area (Å²) in [6, 6.07) is 17.8. The van der Waals surface area contributed by atoms with Gasteiger partial charge in [-0.05, 0) is 60.7 Å². The fourth-order valence-corrected chi connectivity index (χ4v) is 3.37. The van der Waals surface area contributed by atoms with Crippen molar-refractivity contribution in [2.75, 3.05) is 26.6 Å². The SMILES string of the molecule is COc1ccc(NC(=O)c2cc3cc(OC)ccc3oc2=Nc2ccc(C(=O)O)cc2)c(OC)c1. The molecule has 9 nitrogen and oxygen atoms in total. The number of carboxylic acid groups (broad SMARTS) is 1. The molecule has 0 atom stereocenters. The van der Waals surface area contributed by atoms with E-state index in [1.165, 1.54) is 38.5 Å². The third-order valence-electron chi connectivity index (χ3n) is 5.20. The summed E-state index contributed by atoms with van der Waals surface area (Å²) < 4.78 is 21.8. The molecular formula is C26H22N2O7. The van der Waals surface area contributed by atoms with Crippen molar-refractivity contribution in [3.8, 4) is 17.2 Å². The average Bonchev–Trinajstić information content (AvgIpc) is 2.88. The first-order valence-electron chi connectivity index (χ1n) is 10.4. The van der Waals surface area contributed by atoms with Crippen molar-refractivity contribution in [3.63, 3.8) is 0 Å². The lowest BCUT2D eigenvalue weighted by Gasteiger charge is -2.12. The molecule has 0 bridgehead atoms. The zero-order valence-electron chi connectivity index (χ0n) is 19.2. The number of aromatic carboxylic acids is 1. The van der Waals surface area contributed by atoms with Gasteiger partial charge in [-0.1, -0.05) is 0 Å². The fraction of sp³-hybridized carbons (Fsp3) is 0.115. The van der Waals surface area contributed by atoms with Gasteiger partial charge in [0.2, 0.25) is 5.55 Å². The highest BCUT2D eigenvalue weighted by Crippen LogP contribution is 2.29. The number of methoxy groups -OCH3 is 3. The van der Waals surface area contributed by atoms with Crippen molar-refractivity contribution in [1.82, 2.24) is 0 Å². The van der Waals surface area contributed by atoms with Gasteiger partial charge in [0.1, 0.15) is 28.4 Å². The number of benzene rings is 3. The van der Waals surface area contributed by atoms with E-state index in [-0.39, 0.29) is 16.7 Å². The van der Waals surface area contributed by atoms with Crippen LogP contribution >= 0.6 is 0 Å². The Labute approximate surface area is 200 Å². The topological polar surface area (TPSA) is 120 Å². The molecule has 0 aliphatic rings. The van der Waals surface area contributed by atoms with Crippen LogP contribution in [0.1, 0.15) is 20.7 Å². The molecule has 0 aliphatic heterocycles. The summed E-state index contributed by atoms with van der Waals surface area (Å²) in [5, 5.41) is 12.6. The van der Waals surface area contributed by atoms with E-state index >= 15 is 0 Å². The molecule has 1 aromatic heterocycles. The maximum atomic E-state index is 13.4. The van der Waals surface area contributed by atoms with Crippen molar-refractivity contribution in [3.05, 3.63) is 83.4 Å². The number of anilines is 1. The lowest BCUT2D eigenvalue weighted by Crippen LogP contribution is -2.22. The minimum absolute atomic E-state index is 0.0516. The summed E-state index contributed by atoms with van der Waals surface area (Å²) in [7, 11) is 4.57. The van der Waals surface area contributed by atoms with Gasteiger partial charge in [-0.15, -0.1) is 0 Å². The van der Waals surface area contributed by atoms with Gasteiger partial charge in [0.25, 0.3) is 5.91 Å². The highest BCUT2D eigenvalue weighted by molar-refractivity contribution is 6.06. The van der Waals surface area contributed by atoms with Crippen LogP contribution in [-0.4, -0.2) is 38.3 Å². The van der Waals surface area contributed by atoms with Crippen LogP contribution in [0.25, 0.3) is 11.0 Å². The van der Waals surface area contributed by atoms with Crippen LogP contribution in [-0.2, 0) is 0 Å². The predicted molar refractivity (Wildman–Crippen MR) is 129 cm³/mol. The molecule has 35 heavy (non-hydrogen) atoms. The van der Waals surface area contributed by atoms with Crippen LogP contribution in [0.15, 0.2) is 76.1 Å². The number of carbonyl (C=O) groups is 2. The quantitative estimate of drug-likeness (QED) is 0.400. The van der Waals surface area contributed by atoms with E-state index < -0.39 is 11.9 Å². The minimum atomic E-state index is -1.05. The largest absolute Gasteiger partial charge is 0.497 e. The van der Waals surface area contributed by atoms with E-state index in [4.69, 9.17) is 23.7 Å². The molecule has 4 rings (SSSR count). The molecule has 0 spiro atoms. The molecule has 0 saturated heterocycles. The highest BCUT2D eigenvalue weighted by Gasteiger charge is 2.16. The van der Waals surface area contributed by atoms with Gasteiger partial charge in [0.15, 0.2) is 0 Å². The summed E-state index contributed by atoms with van der Waals surface area (Å²) in [5.74, 6) is 0.0649. The number of nitrogens with one attached hydrogen (secondary N) is 1. The zero-order valence-corrected chi connectivity index (χ0v) is 19.2. The zero-order chi connectivity index (χ0) is 24.9. The van der Waals surface area contributed by atoms with Crippen LogP contribution in [0, 0.1) is 0 Å². The lowest BCUT2D eigenvalue weighted by molar-refractivity contribution is 0.0696. The van der Waals surface area contributed by atoms with Crippen LogP contribution in [0.4, 0.5) is 11.4 Å². The van der Waals surface area contributed by atoms with Crippen molar-refractivity contribution < 1.29 is 33.3 Å². The maximum absolute atomic E-state index is 13.4. The van der Waals surface area contributed by atoms with E-state index in [0.717, 1.165) is 0 Å². The number of rotatable bonds is 7. The number of fused-ring (bicyclic) bond motifs is 1. The second-order valence-electron chi connectivity index (χ2n) is 7.35. The number of hydrogen-bond donors (Lipinski definition) is 2. The molecule has 0 unspecified atom stereocenters. The van der Waals surface area contributed by atoms with Crippen LogP contribution in [0.5, 0.6) is 17.2 Å². The molecule has 178 valence electrons. The van der Waals surface area contributed by atoms with Gasteiger partial charge < -0.3 is 29.1 Å². The van der Waals surface area contributed by atoms with Crippen molar-refractivity contribution >= 4 is 34.2 Å². The van der Waals surface area contributed by atoms with Crippen LogP contribution in [0.3, 0.4) is 0 Å². The second-order valence-corrected chi connectivity index (χ2v) is 7.35. The first kappa shape index (κ1) is 23.4. The van der Waals surface area contributed by atoms with Gasteiger partial charge in [-0.3, -0.25) is 4.79 Å². The normalized spacial score (nSPS) is 11.2. The van der Waals surface area contributed by atoms with Gasteiger partial charge >= 0.3 is 5.97 Å². The Morgan fingerprint density at radius 3 is 2.20 bits per heavy atom. The Morgan fingerprint density at radius 2 is 1.54 bits per heavy atom. The Bertz CT molecular complexity index is 1470. The predicted octanol–water partition coefficient (Wildman–Crippen LogP) is 4.64. The van der Waals surface area contributed by atoms with E-state index in [1.807, 2.05) is 0 Å². The lowest BCUT2D eigenvalue weighted by atomic mass is 10.1. The van der Waals surface area contributed by atoms with E-state index in [2.05, 4.69) is 10.3 Å². The molecule has 0 radical (unpaired) electrons. The van der Waals surface area contributed by atoms with Gasteiger partial charge in [0.05, 0.1) is 38.3 Å². The van der Waals surface area contributed by atoms with Crippen LogP contribution < -0.4 is 25.1 Å². The Morgan fingerprint density at radius 1 is 0.857 bits per heavy atom. The van der Waals surface area contributed by atoms with Crippen LogP contribution in [0.2, 0.25) is 0 Å². The molecule has 4 aromatic rings. The van der Waals surface area contributed by atoms with Gasteiger partial charge in [-0.25, -0.2) is 9.79 Å². The van der Waals surface area contributed by atoms with E-state index in [9.17, 15) is 9.59 Å². The van der Waals surface area contributed by atoms with Crippen molar-refractivity contribution in [2.45, 2.75) is 0 Å². The molecule has 9 heteroatoms. The maximum Gasteiger partial charge on any atom is 0.335 e. The number of nitrogens with zero attached hydrogens (tertiary/aromatic N) is 1. The fourth-order valence-electron chi connectivity index (χ4n) is 3.37. The monoisotopic (exact) mass is 474 g/mol. The minimum Gasteiger partial charge on any atom is -0.497 e. The van der Waals surface area contributed by atoms with Crippen molar-refractivity contribution in [2.24, 2.45) is 4.99 Å². The summed E-state index contributed by atoms with van der Waals surface area (Å²) in [4.78, 5) is 29.0. The summed E-state index contributed by atoms with van der Waals surface area (Å²) >= 11 is 0. The van der Waals surface area contributed by atoms with Gasteiger partial charge in [-0.2, -0.15) is 0 Å². The smallest absolute Gasteiger partial charge is 0.335 e. The molecule has 3 aromatic carbocycles. The first-order valence-corrected chi connectivity index (χ1v) is 10.4. The Balaban J connectivity index is 1.82. The van der Waals surface area contributed by atoms with Gasteiger partial charge in [0, 0.05) is 11.5 Å². The second kappa shape index (κ2) is 10.0. The molecule has 1 amide bonds. The molecule has 0 fully saturated rings. The molecular weight excluding hydrogens is 452 g/mol. The Hall–Kier alpha value is -4.79. The standard InChI is InChI=1S/C26H22N2O7/c1-32-18-9-11-22-16(12-18)13-20(24(29)28-21-10-8-19(33-2)14-23(21)34-3)25(35-22)27-17-6-4-15(5-7-17)26(30)31/h4-14H,1-3H3,(H,28,29)(H,30,31). The summed E-state index contributed by atoms with van der Waals surface area (Å²) in [6.45, 7) is 0. The van der Waals surface area contributed by atoms with E-state index in [0.29, 0.717) is 39.6 Å². The molecule has 0 saturated carbocycles. The summed E-state index contributed by atoms with van der Waals surface area (Å²) in [6.07, 6.45) is 0. The van der Waals surface area contributed by atoms with E-state index in [1.54, 1.807) is 49.6 Å². The first-order chi connectivity index (χ1) is 16.9. The highest BCUT2D eigenvalue weighted by atomic mass is 16.5. The number of carboxylic acids is 1. The molecule has 2 N–H and O–H groups in total. The number of hydrogen-bond acceptors (Lipinski definition) is 7. The number of carbonyl (C=O) groups excluding carboxylic acids is 1. The molecule has 1 heterocycles. The third-order valence-corrected chi connectivity index (χ3v) is 5.20. The average molecular weight is 474 g/mol. The third kappa shape index (κ3) is 5.09. The Kier molecular flexibility index (Phi) is 6.68. The number of ether oxygens (including phenoxy) is 3.